The van der Waals surface area contributed by atoms with E-state index in [1.165, 1.54) is 36.7 Å². The molecule has 1 aromatic heterocycles. The van der Waals surface area contributed by atoms with Gasteiger partial charge >= 0.3 is 5.97 Å². The normalized spacial score (nSPS) is 10.9. The van der Waals surface area contributed by atoms with Crippen molar-refractivity contribution in [3.63, 3.8) is 0 Å². The highest BCUT2D eigenvalue weighted by molar-refractivity contribution is 7.15. The highest BCUT2D eigenvalue weighted by Gasteiger charge is 2.22. The number of ether oxygens (including phenoxy) is 1. The summed E-state index contributed by atoms with van der Waals surface area (Å²) in [5.41, 5.74) is 2.09. The first-order valence-electron chi connectivity index (χ1n) is 8.29. The van der Waals surface area contributed by atoms with Crippen molar-refractivity contribution < 1.29 is 18.7 Å². The summed E-state index contributed by atoms with van der Waals surface area (Å²) in [6.07, 6.45) is 2.89. The Labute approximate surface area is 180 Å². The standard InChI is InChI=1S/C21H14Cl2FNO3S/c1-28-21(27)19-15(13-4-6-14(24)7-5-13)11-29-20(19)25-18(26)9-3-12-2-8-16(22)17(23)10-12/h2-11H,1H3,(H,25,26). The summed E-state index contributed by atoms with van der Waals surface area (Å²) in [5.74, 6) is -1.42. The number of halogens is 3. The summed E-state index contributed by atoms with van der Waals surface area (Å²) in [6, 6.07) is 10.7. The highest BCUT2D eigenvalue weighted by Crippen LogP contribution is 2.36. The molecule has 8 heteroatoms. The lowest BCUT2D eigenvalue weighted by atomic mass is 10.0. The number of amides is 1. The largest absolute Gasteiger partial charge is 0.465 e. The molecule has 148 valence electrons. The van der Waals surface area contributed by atoms with E-state index in [9.17, 15) is 14.0 Å². The van der Waals surface area contributed by atoms with Gasteiger partial charge in [0.25, 0.3) is 0 Å². The summed E-state index contributed by atoms with van der Waals surface area (Å²) >= 11 is 13.0. The van der Waals surface area contributed by atoms with Crippen molar-refractivity contribution in [1.82, 2.24) is 0 Å². The molecule has 1 amide bonds. The smallest absolute Gasteiger partial charge is 0.341 e. The molecule has 0 radical (unpaired) electrons. The summed E-state index contributed by atoms with van der Waals surface area (Å²) in [4.78, 5) is 24.6. The molecule has 0 bridgehead atoms. The zero-order chi connectivity index (χ0) is 21.0. The maximum absolute atomic E-state index is 13.2. The van der Waals surface area contributed by atoms with Crippen LogP contribution < -0.4 is 5.32 Å². The lowest BCUT2D eigenvalue weighted by molar-refractivity contribution is -0.111. The van der Waals surface area contributed by atoms with Crippen molar-refractivity contribution in [3.05, 3.63) is 80.9 Å². The number of esters is 1. The van der Waals surface area contributed by atoms with Crippen molar-refractivity contribution in [2.24, 2.45) is 0 Å². The second-order valence-corrected chi connectivity index (χ2v) is 7.54. The number of nitrogens with one attached hydrogen (secondary N) is 1. The molecule has 0 saturated heterocycles. The number of hydrogen-bond acceptors (Lipinski definition) is 4. The maximum atomic E-state index is 13.2. The molecule has 0 aliphatic rings. The predicted molar refractivity (Wildman–Crippen MR) is 115 cm³/mol. The van der Waals surface area contributed by atoms with E-state index >= 15 is 0 Å². The average Bonchev–Trinajstić information content (AvgIpc) is 3.12. The summed E-state index contributed by atoms with van der Waals surface area (Å²) in [7, 11) is 1.25. The van der Waals surface area contributed by atoms with Gasteiger partial charge in [-0.25, -0.2) is 9.18 Å². The van der Waals surface area contributed by atoms with Crippen LogP contribution in [0.1, 0.15) is 15.9 Å². The molecule has 4 nitrogen and oxygen atoms in total. The molecule has 2 aromatic carbocycles. The number of benzene rings is 2. The molecule has 1 N–H and O–H groups in total. The minimum Gasteiger partial charge on any atom is -0.465 e. The number of thiophene rings is 1. The second kappa shape index (κ2) is 9.22. The van der Waals surface area contributed by atoms with E-state index in [0.29, 0.717) is 31.7 Å². The lowest BCUT2D eigenvalue weighted by Crippen LogP contribution is -2.11. The third kappa shape index (κ3) is 5.03. The van der Waals surface area contributed by atoms with Crippen molar-refractivity contribution in [2.75, 3.05) is 12.4 Å². The van der Waals surface area contributed by atoms with Crippen molar-refractivity contribution >= 4 is 57.5 Å². The molecule has 0 saturated carbocycles. The Kier molecular flexibility index (Phi) is 6.69. The lowest BCUT2D eigenvalue weighted by Gasteiger charge is -2.06. The van der Waals surface area contributed by atoms with Gasteiger partial charge in [-0.1, -0.05) is 41.4 Å². The van der Waals surface area contributed by atoms with Crippen LogP contribution in [0.2, 0.25) is 10.0 Å². The number of carbonyl (C=O) groups is 2. The van der Waals surface area contributed by atoms with Crippen molar-refractivity contribution in [2.45, 2.75) is 0 Å². The van der Waals surface area contributed by atoms with Gasteiger partial charge in [-0.3, -0.25) is 4.79 Å². The van der Waals surface area contributed by atoms with Gasteiger partial charge in [-0.05, 0) is 41.5 Å². The fourth-order valence-electron chi connectivity index (χ4n) is 2.54. The monoisotopic (exact) mass is 449 g/mol. The highest BCUT2D eigenvalue weighted by atomic mass is 35.5. The van der Waals surface area contributed by atoms with E-state index in [2.05, 4.69) is 5.32 Å². The van der Waals surface area contributed by atoms with E-state index in [1.54, 1.807) is 41.8 Å². The van der Waals surface area contributed by atoms with Crippen molar-refractivity contribution in [3.8, 4) is 11.1 Å². The molecule has 0 spiro atoms. The Balaban J connectivity index is 1.85. The minimum absolute atomic E-state index is 0.209. The van der Waals surface area contributed by atoms with Gasteiger partial charge in [0.05, 0.1) is 17.2 Å². The molecular weight excluding hydrogens is 436 g/mol. The third-order valence-corrected chi connectivity index (χ3v) is 5.58. The van der Waals surface area contributed by atoms with Crippen LogP contribution >= 0.6 is 34.5 Å². The van der Waals surface area contributed by atoms with Crippen LogP contribution in [-0.4, -0.2) is 19.0 Å². The average molecular weight is 450 g/mol. The second-order valence-electron chi connectivity index (χ2n) is 5.85. The van der Waals surface area contributed by atoms with E-state index < -0.39 is 11.9 Å². The predicted octanol–water partition coefficient (Wildman–Crippen LogP) is 6.30. The molecule has 0 aliphatic carbocycles. The van der Waals surface area contributed by atoms with Gasteiger partial charge < -0.3 is 10.1 Å². The molecule has 29 heavy (non-hydrogen) atoms. The summed E-state index contributed by atoms with van der Waals surface area (Å²) in [5, 5.41) is 5.52. The van der Waals surface area contributed by atoms with Crippen LogP contribution in [0.4, 0.5) is 9.39 Å². The van der Waals surface area contributed by atoms with Gasteiger partial charge in [0.15, 0.2) is 0 Å². The maximum Gasteiger partial charge on any atom is 0.341 e. The SMILES string of the molecule is COC(=O)c1c(-c2ccc(F)cc2)csc1NC(=O)C=Cc1ccc(Cl)c(Cl)c1. The van der Waals surface area contributed by atoms with Gasteiger partial charge in [0.1, 0.15) is 16.4 Å². The molecule has 0 unspecified atom stereocenters. The van der Waals surface area contributed by atoms with Crippen LogP contribution in [0.5, 0.6) is 0 Å². The topological polar surface area (TPSA) is 55.4 Å². The Hall–Kier alpha value is -2.67. The van der Waals surface area contributed by atoms with Gasteiger partial charge in [-0.2, -0.15) is 0 Å². The Morgan fingerprint density at radius 2 is 1.83 bits per heavy atom. The van der Waals surface area contributed by atoms with E-state index in [-0.39, 0.29) is 11.4 Å². The van der Waals surface area contributed by atoms with Crippen LogP contribution in [0.25, 0.3) is 17.2 Å². The molecule has 0 aliphatic heterocycles. The Bertz CT molecular complexity index is 1090. The first kappa shape index (κ1) is 21.0. The molecule has 3 rings (SSSR count). The molecule has 0 atom stereocenters. The van der Waals surface area contributed by atoms with E-state index in [0.717, 1.165) is 0 Å². The number of hydrogen-bond donors (Lipinski definition) is 1. The van der Waals surface area contributed by atoms with E-state index in [4.69, 9.17) is 27.9 Å². The number of methoxy groups -OCH3 is 1. The quantitative estimate of drug-likeness (QED) is 0.367. The van der Waals surface area contributed by atoms with Gasteiger partial charge in [0.2, 0.25) is 5.91 Å². The number of carbonyl (C=O) groups excluding carboxylic acids is 2. The fraction of sp³-hybridized carbons (Fsp3) is 0.0476. The molecule has 1 heterocycles. The summed E-state index contributed by atoms with van der Waals surface area (Å²) in [6.45, 7) is 0. The minimum atomic E-state index is -0.602. The van der Waals surface area contributed by atoms with Crippen LogP contribution in [0.3, 0.4) is 0 Å². The third-order valence-electron chi connectivity index (χ3n) is 3.94. The zero-order valence-corrected chi connectivity index (χ0v) is 17.4. The van der Waals surface area contributed by atoms with Crippen LogP contribution in [0, 0.1) is 5.82 Å². The van der Waals surface area contributed by atoms with E-state index in [1.807, 2.05) is 0 Å². The zero-order valence-electron chi connectivity index (χ0n) is 15.0. The molecule has 3 aromatic rings. The number of anilines is 1. The Morgan fingerprint density at radius 3 is 2.48 bits per heavy atom. The molecular formula is C21H14Cl2FNO3S. The van der Waals surface area contributed by atoms with Gasteiger partial charge in [-0.15, -0.1) is 11.3 Å². The molecule has 0 fully saturated rings. The van der Waals surface area contributed by atoms with Crippen LogP contribution in [-0.2, 0) is 9.53 Å². The van der Waals surface area contributed by atoms with Gasteiger partial charge in [0, 0.05) is 17.0 Å². The number of rotatable bonds is 5. The fourth-order valence-corrected chi connectivity index (χ4v) is 3.80. The van der Waals surface area contributed by atoms with Crippen LogP contribution in [0.15, 0.2) is 53.9 Å². The Morgan fingerprint density at radius 1 is 1.10 bits per heavy atom. The van der Waals surface area contributed by atoms with Crippen molar-refractivity contribution in [1.29, 1.82) is 0 Å². The first-order chi connectivity index (χ1) is 13.9. The first-order valence-corrected chi connectivity index (χ1v) is 9.92. The summed E-state index contributed by atoms with van der Waals surface area (Å²) < 4.78 is 18.1.